The highest BCUT2D eigenvalue weighted by Gasteiger charge is 2.09. The van der Waals surface area contributed by atoms with Gasteiger partial charge in [-0.15, -0.1) is 0 Å². The van der Waals surface area contributed by atoms with Gasteiger partial charge in [0.1, 0.15) is 11.5 Å². The maximum atomic E-state index is 2.49. The molecule has 0 N–H and O–H groups in total. The van der Waals surface area contributed by atoms with E-state index in [9.17, 15) is 0 Å². The van der Waals surface area contributed by atoms with Crippen molar-refractivity contribution >= 4 is 10.9 Å². The van der Waals surface area contributed by atoms with Crippen molar-refractivity contribution in [3.63, 3.8) is 0 Å². The monoisotopic (exact) mass is 301 g/mol. The summed E-state index contributed by atoms with van der Waals surface area (Å²) in [6.45, 7) is 4.60. The number of hydrogen-bond acceptors (Lipinski definition) is 0. The molecule has 1 heteroatoms. The van der Waals surface area contributed by atoms with Crippen molar-refractivity contribution in [2.45, 2.75) is 104 Å². The Kier molecular flexibility index (Phi) is 17.7. The fourth-order valence-corrected chi connectivity index (χ4v) is 4.31. The Bertz CT molecular complexity index is 149. The smallest absolute Gasteiger partial charge is 0.0654 e. The number of rotatable bonds is 16. The predicted molar refractivity (Wildman–Crippen MR) is 99.0 cm³/mol. The van der Waals surface area contributed by atoms with Crippen LogP contribution < -0.4 is 0 Å². The molecule has 0 aromatic heterocycles. The minimum absolute atomic E-state index is 0.712. The molecular formula is C19H41S+. The van der Waals surface area contributed by atoms with Crippen molar-refractivity contribution in [2.75, 3.05) is 17.8 Å². The fraction of sp³-hybridized carbons (Fsp3) is 1.00. The van der Waals surface area contributed by atoms with E-state index in [0.717, 1.165) is 0 Å². The Labute approximate surface area is 132 Å². The Morgan fingerprint density at radius 1 is 0.450 bits per heavy atom. The molecule has 0 heterocycles. The third kappa shape index (κ3) is 16.4. The summed E-state index contributed by atoms with van der Waals surface area (Å²) < 4.78 is 0. The van der Waals surface area contributed by atoms with Crippen LogP contribution >= 0.6 is 0 Å². The zero-order valence-corrected chi connectivity index (χ0v) is 15.5. The molecular weight excluding hydrogens is 260 g/mol. The quantitative estimate of drug-likeness (QED) is 0.219. The normalized spacial score (nSPS) is 11.4. The molecule has 0 bridgehead atoms. The van der Waals surface area contributed by atoms with Gasteiger partial charge in [-0.05, 0) is 36.6 Å². The maximum Gasteiger partial charge on any atom is 0.107 e. The van der Waals surface area contributed by atoms with Gasteiger partial charge < -0.3 is 0 Å². The summed E-state index contributed by atoms with van der Waals surface area (Å²) in [5.74, 6) is 3.01. The van der Waals surface area contributed by atoms with Crippen LogP contribution in [0.3, 0.4) is 0 Å². The van der Waals surface area contributed by atoms with Gasteiger partial charge in [-0.2, -0.15) is 0 Å². The molecule has 0 aliphatic heterocycles. The fourth-order valence-electron chi connectivity index (χ4n) is 2.71. The topological polar surface area (TPSA) is 0 Å². The van der Waals surface area contributed by atoms with E-state index in [0.29, 0.717) is 10.9 Å². The zero-order chi connectivity index (χ0) is 14.9. The van der Waals surface area contributed by atoms with Gasteiger partial charge in [-0.1, -0.05) is 78.1 Å². The lowest BCUT2D eigenvalue weighted by atomic mass is 10.1. The van der Waals surface area contributed by atoms with Gasteiger partial charge in [0.15, 0.2) is 0 Å². The van der Waals surface area contributed by atoms with Crippen LogP contribution in [-0.2, 0) is 10.9 Å². The zero-order valence-electron chi connectivity index (χ0n) is 14.7. The van der Waals surface area contributed by atoms with Gasteiger partial charge in [0, 0.05) is 0 Å². The van der Waals surface area contributed by atoms with E-state index >= 15 is 0 Å². The minimum atomic E-state index is 0.712. The molecule has 0 spiro atoms. The number of hydrogen-bond donors (Lipinski definition) is 0. The van der Waals surface area contributed by atoms with Gasteiger partial charge in [0.05, 0.1) is 6.26 Å². The molecule has 122 valence electrons. The van der Waals surface area contributed by atoms with Crippen molar-refractivity contribution in [2.24, 2.45) is 0 Å². The third-order valence-corrected chi connectivity index (χ3v) is 6.16. The second-order valence-electron chi connectivity index (χ2n) is 6.43. The Balaban J connectivity index is 3.11. The predicted octanol–water partition coefficient (Wildman–Crippen LogP) is 6.74. The molecule has 0 aromatic rings. The van der Waals surface area contributed by atoms with Gasteiger partial charge in [0.2, 0.25) is 0 Å². The molecule has 0 saturated heterocycles. The van der Waals surface area contributed by atoms with Crippen molar-refractivity contribution in [1.29, 1.82) is 0 Å². The average Bonchev–Trinajstić information content (AvgIpc) is 2.45. The Hall–Kier alpha value is 0.350. The first kappa shape index (κ1) is 20.3. The summed E-state index contributed by atoms with van der Waals surface area (Å²) in [6, 6.07) is 0. The van der Waals surface area contributed by atoms with E-state index in [1.807, 2.05) is 0 Å². The summed E-state index contributed by atoms with van der Waals surface area (Å²) in [7, 11) is 0.712. The Morgan fingerprint density at radius 3 is 1.10 bits per heavy atom. The highest BCUT2D eigenvalue weighted by Crippen LogP contribution is 2.11. The van der Waals surface area contributed by atoms with Crippen LogP contribution in [-0.4, -0.2) is 17.8 Å². The minimum Gasteiger partial charge on any atom is -0.0654 e. The van der Waals surface area contributed by atoms with E-state index < -0.39 is 0 Å². The lowest BCUT2D eigenvalue weighted by molar-refractivity contribution is 0.600. The summed E-state index contributed by atoms with van der Waals surface area (Å²) >= 11 is 0. The number of unbranched alkanes of at least 4 members (excludes halogenated alkanes) is 12. The maximum absolute atomic E-state index is 2.49. The van der Waals surface area contributed by atoms with Crippen LogP contribution in [0.25, 0.3) is 0 Å². The Morgan fingerprint density at radius 2 is 0.750 bits per heavy atom. The molecule has 0 unspecified atom stereocenters. The van der Waals surface area contributed by atoms with Crippen LogP contribution in [0.1, 0.15) is 104 Å². The van der Waals surface area contributed by atoms with Crippen LogP contribution in [0.2, 0.25) is 0 Å². The van der Waals surface area contributed by atoms with E-state index in [4.69, 9.17) is 0 Å². The summed E-state index contributed by atoms with van der Waals surface area (Å²) in [4.78, 5) is 0. The van der Waals surface area contributed by atoms with Crippen LogP contribution in [0, 0.1) is 0 Å². The summed E-state index contributed by atoms with van der Waals surface area (Å²) in [5, 5.41) is 0. The van der Waals surface area contributed by atoms with Crippen molar-refractivity contribution in [1.82, 2.24) is 0 Å². The van der Waals surface area contributed by atoms with E-state index in [-0.39, 0.29) is 0 Å². The SMILES string of the molecule is CCCCCCCCC[S+](C)CCCCCCCCC. The highest BCUT2D eigenvalue weighted by molar-refractivity contribution is 7.96. The van der Waals surface area contributed by atoms with Crippen LogP contribution in [0.15, 0.2) is 0 Å². The third-order valence-electron chi connectivity index (χ3n) is 4.19. The van der Waals surface area contributed by atoms with Gasteiger partial charge in [-0.25, -0.2) is 0 Å². The molecule has 0 nitrogen and oxygen atoms in total. The molecule has 0 aliphatic carbocycles. The van der Waals surface area contributed by atoms with Gasteiger partial charge in [-0.3, -0.25) is 0 Å². The average molecular weight is 302 g/mol. The van der Waals surface area contributed by atoms with E-state index in [1.165, 1.54) is 101 Å². The largest absolute Gasteiger partial charge is 0.107 e. The molecule has 0 fully saturated rings. The van der Waals surface area contributed by atoms with E-state index in [2.05, 4.69) is 20.1 Å². The first-order valence-electron chi connectivity index (χ1n) is 9.40. The van der Waals surface area contributed by atoms with Crippen molar-refractivity contribution < 1.29 is 0 Å². The van der Waals surface area contributed by atoms with Crippen molar-refractivity contribution in [3.8, 4) is 0 Å². The lowest BCUT2D eigenvalue weighted by Gasteiger charge is -2.04. The van der Waals surface area contributed by atoms with Crippen molar-refractivity contribution in [3.05, 3.63) is 0 Å². The van der Waals surface area contributed by atoms with Crippen LogP contribution in [0.5, 0.6) is 0 Å². The molecule has 20 heavy (non-hydrogen) atoms. The summed E-state index contributed by atoms with van der Waals surface area (Å²) in [6.07, 6.45) is 22.9. The molecule has 0 rings (SSSR count). The standard InChI is InChI=1S/C19H41S/c1-4-6-8-10-12-14-16-18-20(3)19-17-15-13-11-9-7-5-2/h4-19H2,1-3H3/q+1. The highest BCUT2D eigenvalue weighted by atomic mass is 32.2. The van der Waals surface area contributed by atoms with Gasteiger partial charge in [0.25, 0.3) is 0 Å². The summed E-state index contributed by atoms with van der Waals surface area (Å²) in [5.41, 5.74) is 0. The molecule has 0 aliphatic rings. The molecule has 0 saturated carbocycles. The first-order valence-corrected chi connectivity index (χ1v) is 11.4. The van der Waals surface area contributed by atoms with E-state index in [1.54, 1.807) is 0 Å². The second kappa shape index (κ2) is 17.4. The van der Waals surface area contributed by atoms with Gasteiger partial charge >= 0.3 is 0 Å². The molecule has 0 amide bonds. The molecule has 0 radical (unpaired) electrons. The first-order chi connectivity index (χ1) is 9.81. The van der Waals surface area contributed by atoms with Crippen LogP contribution in [0.4, 0.5) is 0 Å². The molecule has 0 atom stereocenters. The second-order valence-corrected chi connectivity index (χ2v) is 8.81. The lowest BCUT2D eigenvalue weighted by Crippen LogP contribution is -2.10. The molecule has 0 aromatic carbocycles.